The topological polar surface area (TPSA) is 26.3 Å². The number of hydrogen-bond donors (Lipinski definition) is 0. The van der Waals surface area contributed by atoms with Crippen LogP contribution in [0, 0.1) is 5.82 Å². The van der Waals surface area contributed by atoms with Gasteiger partial charge in [0.1, 0.15) is 17.1 Å². The van der Waals surface area contributed by atoms with E-state index in [0.717, 1.165) is 3.79 Å². The summed E-state index contributed by atoms with van der Waals surface area (Å²) >= 11 is 4.53. The molecule has 1 aromatic heterocycles. The fourth-order valence-corrected chi connectivity index (χ4v) is 2.79. The van der Waals surface area contributed by atoms with Crippen LogP contribution < -0.4 is 4.74 Å². The van der Waals surface area contributed by atoms with Crippen molar-refractivity contribution in [1.82, 2.24) is 0 Å². The van der Waals surface area contributed by atoms with Gasteiger partial charge in [-0.05, 0) is 40.2 Å². The van der Waals surface area contributed by atoms with Gasteiger partial charge in [0.05, 0.1) is 15.8 Å². The molecule has 1 aromatic carbocycles. The summed E-state index contributed by atoms with van der Waals surface area (Å²) in [6.07, 6.45) is 0. The minimum Gasteiger partial charge on any atom is -0.496 e. The first-order valence-corrected chi connectivity index (χ1v) is 6.37. The molecule has 0 radical (unpaired) electrons. The molecule has 0 saturated heterocycles. The third-order valence-corrected chi connectivity index (χ3v) is 3.84. The van der Waals surface area contributed by atoms with Crippen LogP contribution in [0.25, 0.3) is 0 Å². The molecule has 2 rings (SSSR count). The molecule has 17 heavy (non-hydrogen) atoms. The Morgan fingerprint density at radius 2 is 2.12 bits per heavy atom. The average molecular weight is 315 g/mol. The Labute approximate surface area is 110 Å². The lowest BCUT2D eigenvalue weighted by Crippen LogP contribution is -2.05. The standard InChI is InChI=1S/C12H8BrFO2S/c1-16-8-4-2-3-7(14)11(8)12(15)9-5-6-10(13)17-9/h2-6H,1H3. The maximum absolute atomic E-state index is 13.7. The summed E-state index contributed by atoms with van der Waals surface area (Å²) < 4.78 is 19.5. The number of halogens is 2. The van der Waals surface area contributed by atoms with Gasteiger partial charge >= 0.3 is 0 Å². The molecule has 2 aromatic rings. The van der Waals surface area contributed by atoms with E-state index in [-0.39, 0.29) is 17.1 Å². The lowest BCUT2D eigenvalue weighted by atomic mass is 10.1. The minimum atomic E-state index is -0.570. The Bertz CT molecular complexity index is 565. The van der Waals surface area contributed by atoms with Crippen LogP contribution in [-0.4, -0.2) is 12.9 Å². The lowest BCUT2D eigenvalue weighted by Gasteiger charge is -2.07. The van der Waals surface area contributed by atoms with Gasteiger partial charge in [-0.2, -0.15) is 0 Å². The number of benzene rings is 1. The number of carbonyl (C=O) groups is 1. The van der Waals surface area contributed by atoms with Gasteiger partial charge in [-0.25, -0.2) is 4.39 Å². The molecule has 0 spiro atoms. The van der Waals surface area contributed by atoms with Crippen LogP contribution in [-0.2, 0) is 0 Å². The molecule has 0 aliphatic rings. The predicted octanol–water partition coefficient (Wildman–Crippen LogP) is 3.89. The summed E-state index contributed by atoms with van der Waals surface area (Å²) in [5, 5.41) is 0. The highest BCUT2D eigenvalue weighted by Crippen LogP contribution is 2.29. The monoisotopic (exact) mass is 314 g/mol. The number of ether oxygens (including phenoxy) is 1. The Balaban J connectivity index is 2.50. The summed E-state index contributed by atoms with van der Waals surface area (Å²) in [7, 11) is 1.41. The molecular weight excluding hydrogens is 307 g/mol. The quantitative estimate of drug-likeness (QED) is 0.803. The third-order valence-electron chi connectivity index (χ3n) is 2.22. The molecule has 0 atom stereocenters. The molecule has 2 nitrogen and oxygen atoms in total. The second-order valence-electron chi connectivity index (χ2n) is 3.25. The minimum absolute atomic E-state index is 0.0237. The van der Waals surface area contributed by atoms with E-state index in [0.29, 0.717) is 4.88 Å². The zero-order chi connectivity index (χ0) is 12.4. The van der Waals surface area contributed by atoms with Crippen molar-refractivity contribution < 1.29 is 13.9 Å². The first kappa shape index (κ1) is 12.3. The number of thiophene rings is 1. The van der Waals surface area contributed by atoms with Crippen molar-refractivity contribution in [3.05, 3.63) is 50.4 Å². The maximum atomic E-state index is 13.7. The lowest BCUT2D eigenvalue weighted by molar-refractivity contribution is 0.103. The fraction of sp³-hybridized carbons (Fsp3) is 0.0833. The van der Waals surface area contributed by atoms with E-state index in [2.05, 4.69) is 15.9 Å². The average Bonchev–Trinajstić information content (AvgIpc) is 2.74. The molecule has 88 valence electrons. The van der Waals surface area contributed by atoms with Gasteiger partial charge in [-0.3, -0.25) is 4.79 Å². The van der Waals surface area contributed by atoms with Gasteiger partial charge in [-0.15, -0.1) is 11.3 Å². The molecule has 1 heterocycles. The van der Waals surface area contributed by atoms with Crippen LogP contribution in [0.15, 0.2) is 34.1 Å². The number of hydrogen-bond acceptors (Lipinski definition) is 3. The second kappa shape index (κ2) is 4.98. The normalized spacial score (nSPS) is 10.3. The first-order chi connectivity index (χ1) is 8.13. The van der Waals surface area contributed by atoms with Gasteiger partial charge in [0.2, 0.25) is 5.78 Å². The molecular formula is C12H8BrFO2S. The van der Waals surface area contributed by atoms with Gasteiger partial charge in [-0.1, -0.05) is 6.07 Å². The van der Waals surface area contributed by atoms with Crippen LogP contribution in [0.5, 0.6) is 5.75 Å². The molecule has 0 aliphatic carbocycles. The molecule has 0 aliphatic heterocycles. The van der Waals surface area contributed by atoms with Crippen LogP contribution >= 0.6 is 27.3 Å². The van der Waals surface area contributed by atoms with Crippen molar-refractivity contribution in [2.75, 3.05) is 7.11 Å². The molecule has 0 fully saturated rings. The molecule has 5 heteroatoms. The summed E-state index contributed by atoms with van der Waals surface area (Å²) in [5.74, 6) is -0.686. The molecule has 0 unspecified atom stereocenters. The van der Waals surface area contributed by atoms with Gasteiger partial charge in [0.25, 0.3) is 0 Å². The summed E-state index contributed by atoms with van der Waals surface area (Å²) in [6, 6.07) is 7.74. The predicted molar refractivity (Wildman–Crippen MR) is 68.4 cm³/mol. The van der Waals surface area contributed by atoms with E-state index < -0.39 is 5.82 Å². The van der Waals surface area contributed by atoms with E-state index in [9.17, 15) is 9.18 Å². The molecule has 0 bridgehead atoms. The zero-order valence-electron chi connectivity index (χ0n) is 8.87. The Kier molecular flexibility index (Phi) is 3.59. The number of carbonyl (C=O) groups excluding carboxylic acids is 1. The molecule has 0 saturated carbocycles. The van der Waals surface area contributed by atoms with Crippen molar-refractivity contribution in [3.63, 3.8) is 0 Å². The third kappa shape index (κ3) is 2.40. The highest BCUT2D eigenvalue weighted by molar-refractivity contribution is 9.11. The van der Waals surface area contributed by atoms with Crippen molar-refractivity contribution in [2.24, 2.45) is 0 Å². The number of rotatable bonds is 3. The van der Waals surface area contributed by atoms with Crippen molar-refractivity contribution in [2.45, 2.75) is 0 Å². The van der Waals surface area contributed by atoms with Crippen molar-refractivity contribution in [1.29, 1.82) is 0 Å². The zero-order valence-corrected chi connectivity index (χ0v) is 11.3. The van der Waals surface area contributed by atoms with Crippen LogP contribution in [0.4, 0.5) is 4.39 Å². The van der Waals surface area contributed by atoms with Crippen molar-refractivity contribution >= 4 is 33.0 Å². The SMILES string of the molecule is COc1cccc(F)c1C(=O)c1ccc(Br)s1. The Morgan fingerprint density at radius 3 is 2.71 bits per heavy atom. The Morgan fingerprint density at radius 1 is 1.35 bits per heavy atom. The van der Waals surface area contributed by atoms with E-state index in [4.69, 9.17) is 4.74 Å². The first-order valence-electron chi connectivity index (χ1n) is 4.76. The fourth-order valence-electron chi connectivity index (χ4n) is 1.45. The summed E-state index contributed by atoms with van der Waals surface area (Å²) in [5.41, 5.74) is -0.0237. The van der Waals surface area contributed by atoms with E-state index >= 15 is 0 Å². The van der Waals surface area contributed by atoms with E-state index in [1.165, 1.54) is 30.6 Å². The maximum Gasteiger partial charge on any atom is 0.209 e. The largest absolute Gasteiger partial charge is 0.496 e. The van der Waals surface area contributed by atoms with Crippen LogP contribution in [0.2, 0.25) is 0 Å². The number of methoxy groups -OCH3 is 1. The van der Waals surface area contributed by atoms with E-state index in [1.807, 2.05) is 0 Å². The highest BCUT2D eigenvalue weighted by atomic mass is 79.9. The van der Waals surface area contributed by atoms with Crippen LogP contribution in [0.3, 0.4) is 0 Å². The van der Waals surface area contributed by atoms with Crippen molar-refractivity contribution in [3.8, 4) is 5.75 Å². The molecule has 0 amide bonds. The summed E-state index contributed by atoms with van der Waals surface area (Å²) in [4.78, 5) is 12.6. The van der Waals surface area contributed by atoms with Gasteiger partial charge < -0.3 is 4.74 Å². The highest BCUT2D eigenvalue weighted by Gasteiger charge is 2.20. The summed E-state index contributed by atoms with van der Waals surface area (Å²) in [6.45, 7) is 0. The molecule has 0 N–H and O–H groups in total. The Hall–Kier alpha value is -1.20. The van der Waals surface area contributed by atoms with Gasteiger partial charge in [0.15, 0.2) is 0 Å². The number of ketones is 1. The van der Waals surface area contributed by atoms with Gasteiger partial charge in [0, 0.05) is 0 Å². The smallest absolute Gasteiger partial charge is 0.209 e. The van der Waals surface area contributed by atoms with E-state index in [1.54, 1.807) is 18.2 Å². The van der Waals surface area contributed by atoms with Crippen LogP contribution in [0.1, 0.15) is 15.2 Å². The second-order valence-corrected chi connectivity index (χ2v) is 5.71.